The van der Waals surface area contributed by atoms with Crippen LogP contribution >= 0.6 is 0 Å². The van der Waals surface area contributed by atoms with Crippen molar-refractivity contribution in [1.29, 1.82) is 0 Å². The van der Waals surface area contributed by atoms with Crippen molar-refractivity contribution in [3.05, 3.63) is 63.1 Å². The van der Waals surface area contributed by atoms with Gasteiger partial charge in [-0.25, -0.2) is 8.78 Å². The van der Waals surface area contributed by atoms with Crippen LogP contribution in [0.2, 0.25) is 0 Å². The molecule has 8 nitrogen and oxygen atoms in total. The largest absolute Gasteiger partial charge is 0.503 e. The van der Waals surface area contributed by atoms with Crippen molar-refractivity contribution in [1.82, 2.24) is 19.7 Å². The summed E-state index contributed by atoms with van der Waals surface area (Å²) in [6.07, 6.45) is 1.79. The normalized spacial score (nSPS) is 20.3. The van der Waals surface area contributed by atoms with Gasteiger partial charge in [0.2, 0.25) is 5.43 Å². The summed E-state index contributed by atoms with van der Waals surface area (Å²) in [5.74, 6) is -3.25. The minimum atomic E-state index is -0.973. The van der Waals surface area contributed by atoms with Crippen molar-refractivity contribution < 1.29 is 23.5 Å². The fraction of sp³-hybridized carbons (Fsp3) is 0.458. The van der Waals surface area contributed by atoms with Crippen LogP contribution in [-0.2, 0) is 13.1 Å². The molecule has 1 aromatic heterocycles. The highest BCUT2D eigenvalue weighted by Gasteiger charge is 2.43. The SMILES string of the molecule is CC(C)CN1CC[C@H](C)N2C(=O)c3c(O)c(=O)c(C(=O)NCc4ccc(F)cc4F)cn3CC12. The third-order valence-electron chi connectivity index (χ3n) is 6.40. The molecule has 1 fully saturated rings. The lowest BCUT2D eigenvalue weighted by atomic mass is 10.0. The summed E-state index contributed by atoms with van der Waals surface area (Å²) in [4.78, 5) is 42.8. The van der Waals surface area contributed by atoms with Gasteiger partial charge in [-0.15, -0.1) is 0 Å². The number of hydrogen-bond acceptors (Lipinski definition) is 5. The van der Waals surface area contributed by atoms with Crippen LogP contribution in [0.1, 0.15) is 53.6 Å². The number of carbonyl (C=O) groups is 2. The molecule has 10 heteroatoms. The highest BCUT2D eigenvalue weighted by Crippen LogP contribution is 2.31. The molecule has 1 unspecified atom stereocenters. The van der Waals surface area contributed by atoms with Crippen LogP contribution in [0.25, 0.3) is 0 Å². The number of halogens is 2. The number of aromatic hydroxyl groups is 1. The molecule has 0 bridgehead atoms. The van der Waals surface area contributed by atoms with Crippen LogP contribution in [0.3, 0.4) is 0 Å². The summed E-state index contributed by atoms with van der Waals surface area (Å²) >= 11 is 0. The van der Waals surface area contributed by atoms with E-state index in [2.05, 4.69) is 24.1 Å². The molecule has 4 rings (SSSR count). The number of amides is 2. The maximum Gasteiger partial charge on any atom is 0.276 e. The molecular weight excluding hydrogens is 446 g/mol. The number of fused-ring (bicyclic) bond motifs is 2. The van der Waals surface area contributed by atoms with Crippen LogP contribution < -0.4 is 10.7 Å². The standard InChI is InChI=1S/C24H28F2N4O4/c1-13(2)10-28-7-6-14(3)30-19(28)12-29-11-17(21(31)22(32)20(29)24(30)34)23(33)27-9-15-4-5-16(25)8-18(15)26/h4-5,8,11,13-14,19,32H,6-7,9-10,12H2,1-3H3,(H,27,33)/t14-,19?/m0/s1. The lowest BCUT2D eigenvalue weighted by molar-refractivity contribution is -0.0366. The molecule has 2 amide bonds. The van der Waals surface area contributed by atoms with Gasteiger partial charge in [0.1, 0.15) is 23.4 Å². The van der Waals surface area contributed by atoms with Crippen LogP contribution in [0.4, 0.5) is 8.78 Å². The minimum Gasteiger partial charge on any atom is -0.503 e. The summed E-state index contributed by atoms with van der Waals surface area (Å²) < 4.78 is 28.5. The van der Waals surface area contributed by atoms with Crippen molar-refractivity contribution in [3.8, 4) is 5.75 Å². The summed E-state index contributed by atoms with van der Waals surface area (Å²) in [5, 5.41) is 13.0. The molecule has 34 heavy (non-hydrogen) atoms. The van der Waals surface area contributed by atoms with Gasteiger partial charge in [-0.3, -0.25) is 19.3 Å². The molecule has 0 radical (unpaired) electrons. The van der Waals surface area contributed by atoms with Gasteiger partial charge in [0.15, 0.2) is 11.4 Å². The van der Waals surface area contributed by atoms with E-state index in [0.29, 0.717) is 18.5 Å². The predicted molar refractivity (Wildman–Crippen MR) is 120 cm³/mol. The monoisotopic (exact) mass is 474 g/mol. The van der Waals surface area contributed by atoms with Gasteiger partial charge >= 0.3 is 0 Å². The Morgan fingerprint density at radius 1 is 1.26 bits per heavy atom. The van der Waals surface area contributed by atoms with Gasteiger partial charge in [0.25, 0.3) is 11.8 Å². The fourth-order valence-electron chi connectivity index (χ4n) is 4.75. The maximum atomic E-state index is 13.9. The fourth-order valence-corrected chi connectivity index (χ4v) is 4.75. The van der Waals surface area contributed by atoms with E-state index in [1.165, 1.54) is 16.8 Å². The van der Waals surface area contributed by atoms with E-state index in [0.717, 1.165) is 25.6 Å². The van der Waals surface area contributed by atoms with Gasteiger partial charge in [-0.2, -0.15) is 0 Å². The number of nitrogens with zero attached hydrogens (tertiary/aromatic N) is 3. The summed E-state index contributed by atoms with van der Waals surface area (Å²) in [6.45, 7) is 7.73. The van der Waals surface area contributed by atoms with Crippen LogP contribution in [0.15, 0.2) is 29.2 Å². The van der Waals surface area contributed by atoms with E-state index in [-0.39, 0.29) is 35.6 Å². The van der Waals surface area contributed by atoms with E-state index in [1.54, 1.807) is 4.90 Å². The van der Waals surface area contributed by atoms with Crippen molar-refractivity contribution in [2.24, 2.45) is 5.92 Å². The first-order valence-electron chi connectivity index (χ1n) is 11.3. The molecule has 2 atom stereocenters. The smallest absolute Gasteiger partial charge is 0.276 e. The molecule has 0 aliphatic carbocycles. The highest BCUT2D eigenvalue weighted by molar-refractivity contribution is 5.99. The number of benzene rings is 1. The number of rotatable bonds is 5. The lowest BCUT2D eigenvalue weighted by Crippen LogP contribution is -2.64. The Labute approximate surface area is 195 Å². The van der Waals surface area contributed by atoms with E-state index >= 15 is 0 Å². The van der Waals surface area contributed by atoms with Gasteiger partial charge in [-0.05, 0) is 25.3 Å². The second-order valence-electron chi connectivity index (χ2n) is 9.36. The molecule has 2 aliphatic heterocycles. The van der Waals surface area contributed by atoms with Crippen LogP contribution in [0, 0.1) is 17.6 Å². The predicted octanol–water partition coefficient (Wildman–Crippen LogP) is 2.29. The molecule has 2 aliphatic rings. The molecule has 0 saturated carbocycles. The van der Waals surface area contributed by atoms with Crippen molar-refractivity contribution >= 4 is 11.8 Å². The van der Waals surface area contributed by atoms with Crippen molar-refractivity contribution in [2.75, 3.05) is 13.1 Å². The molecule has 1 aromatic carbocycles. The minimum absolute atomic E-state index is 0.0448. The van der Waals surface area contributed by atoms with Crippen LogP contribution in [-0.4, -0.2) is 56.6 Å². The van der Waals surface area contributed by atoms with E-state index in [9.17, 15) is 28.3 Å². The second-order valence-corrected chi connectivity index (χ2v) is 9.36. The quantitative estimate of drug-likeness (QED) is 0.694. The molecule has 182 valence electrons. The Kier molecular flexibility index (Phi) is 6.44. The average Bonchev–Trinajstić information content (AvgIpc) is 2.76. The Morgan fingerprint density at radius 3 is 2.68 bits per heavy atom. The molecule has 3 heterocycles. The first-order valence-corrected chi connectivity index (χ1v) is 11.3. The average molecular weight is 475 g/mol. The Bertz CT molecular complexity index is 1200. The third-order valence-corrected chi connectivity index (χ3v) is 6.40. The number of carbonyl (C=O) groups excluding carboxylic acids is 2. The number of hydrogen-bond donors (Lipinski definition) is 2. The van der Waals surface area contributed by atoms with Crippen molar-refractivity contribution in [2.45, 2.75) is 52.5 Å². The van der Waals surface area contributed by atoms with E-state index in [4.69, 9.17) is 0 Å². The maximum absolute atomic E-state index is 13.9. The third kappa shape index (κ3) is 4.29. The zero-order chi connectivity index (χ0) is 24.7. The number of nitrogens with one attached hydrogen (secondary N) is 1. The van der Waals surface area contributed by atoms with Gasteiger partial charge < -0.3 is 19.9 Å². The van der Waals surface area contributed by atoms with E-state index < -0.39 is 34.6 Å². The van der Waals surface area contributed by atoms with Gasteiger partial charge in [0.05, 0.1) is 6.54 Å². The molecule has 2 aromatic rings. The first-order chi connectivity index (χ1) is 16.1. The zero-order valence-electron chi connectivity index (χ0n) is 19.3. The Morgan fingerprint density at radius 2 is 2.00 bits per heavy atom. The van der Waals surface area contributed by atoms with Crippen molar-refractivity contribution in [3.63, 3.8) is 0 Å². The summed E-state index contributed by atoms with van der Waals surface area (Å²) in [5.41, 5.74) is -1.42. The van der Waals surface area contributed by atoms with E-state index in [1.807, 2.05) is 6.92 Å². The van der Waals surface area contributed by atoms with Gasteiger partial charge in [0, 0.05) is 43.5 Å². The Balaban J connectivity index is 1.65. The topological polar surface area (TPSA) is 94.9 Å². The van der Waals surface area contributed by atoms with Crippen LogP contribution in [0.5, 0.6) is 5.75 Å². The van der Waals surface area contributed by atoms with Gasteiger partial charge in [-0.1, -0.05) is 19.9 Å². The summed E-state index contributed by atoms with van der Waals surface area (Å²) in [6, 6.07) is 2.91. The molecule has 0 spiro atoms. The molecule has 1 saturated heterocycles. The summed E-state index contributed by atoms with van der Waals surface area (Å²) in [7, 11) is 0. The zero-order valence-corrected chi connectivity index (χ0v) is 19.3. The first kappa shape index (κ1) is 23.9. The Hall–Kier alpha value is -3.27. The number of pyridine rings is 1. The second kappa shape index (κ2) is 9.17. The molecular formula is C24H28F2N4O4. The lowest BCUT2D eigenvalue weighted by Gasteiger charge is -2.50. The number of aromatic nitrogens is 1. The molecule has 2 N–H and O–H groups in total. The highest BCUT2D eigenvalue weighted by atomic mass is 19.1.